The monoisotopic (exact) mass is 324 g/mol. The molecule has 0 aromatic carbocycles. The molecule has 0 spiro atoms. The Morgan fingerprint density at radius 3 is 1.00 bits per heavy atom. The van der Waals surface area contributed by atoms with Crippen molar-refractivity contribution in [3.05, 3.63) is 0 Å². The minimum Gasteiger partial charge on any atom is -0.907 e. The van der Waals surface area contributed by atoms with E-state index in [1.165, 1.54) is 0 Å². The van der Waals surface area contributed by atoms with E-state index in [1.807, 2.05) is 0 Å². The summed E-state index contributed by atoms with van der Waals surface area (Å²) in [6.07, 6.45) is 0. The van der Waals surface area contributed by atoms with Crippen LogP contribution in [0.3, 0.4) is 0 Å². The molecule has 0 heterocycles. The maximum Gasteiger partial charge on any atom is 3.00 e. The maximum atomic E-state index is 8.42. The second-order valence-electron chi connectivity index (χ2n) is 0.289. The first-order valence-corrected chi connectivity index (χ1v) is 0.707. The molecule has 2 N–H and O–H groups in total. The molecule has 0 bridgehead atoms. The van der Waals surface area contributed by atoms with E-state index < -0.39 is 7.32 Å². The second kappa shape index (κ2) is 15.8. The summed E-state index contributed by atoms with van der Waals surface area (Å²) in [6, 6.07) is 0. The van der Waals surface area contributed by atoms with Gasteiger partial charge in [-0.25, -0.2) is 0 Å². The zero-order valence-electron chi connectivity index (χ0n) is 3.23. The Labute approximate surface area is 98.7 Å². The Morgan fingerprint density at radius 2 is 1.00 bits per heavy atom. The predicted octanol–water partition coefficient (Wildman–Crippen LogP) is -4.77. The van der Waals surface area contributed by atoms with Gasteiger partial charge in [0.2, 0.25) is 0 Å². The van der Waals surface area contributed by atoms with Gasteiger partial charge in [0.05, 0.1) is 0 Å². The summed E-state index contributed by atoms with van der Waals surface area (Å²) >= 11 is 0. The molecule has 7 heteroatoms. The zero-order chi connectivity index (χ0) is 3.58. The van der Waals surface area contributed by atoms with Gasteiger partial charge >= 0.3 is 72.6 Å². The first-order chi connectivity index (χ1) is 1.73. The van der Waals surface area contributed by atoms with Crippen molar-refractivity contribution in [1.82, 2.24) is 0 Å². The van der Waals surface area contributed by atoms with Gasteiger partial charge in [0.1, 0.15) is 0 Å². The molecule has 0 aliphatic carbocycles. The average Bonchev–Trinajstić information content (AvgIpc) is 0.811. The van der Waals surface area contributed by atoms with Crippen molar-refractivity contribution in [2.75, 3.05) is 0 Å². The van der Waals surface area contributed by atoms with Crippen LogP contribution in [0.4, 0.5) is 0 Å². The van der Waals surface area contributed by atoms with Crippen LogP contribution in [0.1, 0.15) is 0 Å². The molecule has 0 rings (SSSR count). The summed E-state index contributed by atoms with van der Waals surface area (Å²) in [7, 11) is -2.92. The third kappa shape index (κ3) is 61.4. The van der Waals surface area contributed by atoms with E-state index in [1.54, 1.807) is 0 Å². The molecule has 0 saturated carbocycles. The molecule has 0 aromatic rings. The first kappa shape index (κ1) is 22.8. The molecule has 0 unspecified atom stereocenters. The fourth-order valence-electron chi connectivity index (χ4n) is 0. The number of hydrogen-bond donors (Lipinski definition) is 0. The van der Waals surface area contributed by atoms with Crippen LogP contribution < -0.4 is 15.1 Å². The van der Waals surface area contributed by atoms with Crippen molar-refractivity contribution in [2.24, 2.45) is 0 Å². The molecule has 1 radical (unpaired) electrons. The van der Waals surface area contributed by atoms with Crippen LogP contribution in [-0.2, 0) is 32.7 Å². The topological polar surface area (TPSA) is 101 Å². The van der Waals surface area contributed by atoms with E-state index in [9.17, 15) is 0 Å². The van der Waals surface area contributed by atoms with Gasteiger partial charge < -0.3 is 20.5 Å². The Balaban J connectivity index is -0.0000000150. The Morgan fingerprint density at radius 1 is 1.00 bits per heavy atom. The summed E-state index contributed by atoms with van der Waals surface area (Å²) < 4.78 is 0. The molecule has 7 heavy (non-hydrogen) atoms. The van der Waals surface area contributed by atoms with Crippen LogP contribution in [0, 0.1) is 39.9 Å². The van der Waals surface area contributed by atoms with Crippen LogP contribution >= 0.6 is 0 Å². The summed E-state index contributed by atoms with van der Waals surface area (Å²) in [5, 5.41) is 25.2. The molecule has 0 atom stereocenters. The quantitative estimate of drug-likeness (QED) is 0.418. The van der Waals surface area contributed by atoms with Crippen molar-refractivity contribution in [3.63, 3.8) is 0 Å². The van der Waals surface area contributed by atoms with Crippen LogP contribution in [0.5, 0.6) is 0 Å². The molecule has 0 fully saturated rings. The van der Waals surface area contributed by atoms with Crippen LogP contribution in [-0.4, -0.2) is 12.8 Å². The van der Waals surface area contributed by atoms with Crippen molar-refractivity contribution in [1.29, 1.82) is 0 Å². The van der Waals surface area contributed by atoms with E-state index in [0.29, 0.717) is 0 Å². The van der Waals surface area contributed by atoms with Crippen molar-refractivity contribution in [3.8, 4) is 0 Å². The predicted molar refractivity (Wildman–Crippen MR) is 9.37 cm³/mol. The van der Waals surface area contributed by atoms with Gasteiger partial charge in [-0.3, -0.25) is 7.32 Å². The summed E-state index contributed by atoms with van der Waals surface area (Å²) in [5.74, 6) is 0. The molecule has 0 amide bonds. The third-order valence-electron chi connectivity index (χ3n) is 0. The first-order valence-electron chi connectivity index (χ1n) is 0.707. The van der Waals surface area contributed by atoms with Gasteiger partial charge in [-0.15, -0.1) is 0 Å². The maximum absolute atomic E-state index is 8.42. The number of hydrogen-bond acceptors (Lipinski definition) is 3. The van der Waals surface area contributed by atoms with Gasteiger partial charge in [0.15, 0.2) is 0 Å². The van der Waals surface area contributed by atoms with Crippen molar-refractivity contribution >= 4 is 7.32 Å². The number of rotatable bonds is 0. The summed E-state index contributed by atoms with van der Waals surface area (Å²) in [6.45, 7) is 0. The molecule has 4 nitrogen and oxygen atoms in total. The van der Waals surface area contributed by atoms with Gasteiger partial charge in [-0.05, 0) is 0 Å². The Kier molecular flexibility index (Phi) is 51.3. The molecular formula is H2BGdO4Y+3. The smallest absolute Gasteiger partial charge is 0.907 e. The van der Waals surface area contributed by atoms with Crippen LogP contribution in [0.15, 0.2) is 0 Å². The SMILES string of the molecule is O.[Gd+3].[O-]B([O-])[O-].[Y+3]. The third-order valence-corrected chi connectivity index (χ3v) is 0. The average molecular weight is 323 g/mol. The molecule has 37 valence electrons. The summed E-state index contributed by atoms with van der Waals surface area (Å²) in [4.78, 5) is 0. The fourth-order valence-corrected chi connectivity index (χ4v) is 0. The van der Waals surface area contributed by atoms with E-state index in [0.717, 1.165) is 0 Å². The van der Waals surface area contributed by atoms with E-state index in [2.05, 4.69) is 0 Å². The normalized spacial score (nSPS) is 3.86. The Bertz CT molecular complexity index is 16.4. The second-order valence-corrected chi connectivity index (χ2v) is 0.289. The van der Waals surface area contributed by atoms with Crippen LogP contribution in [0.25, 0.3) is 0 Å². The van der Waals surface area contributed by atoms with Gasteiger partial charge in [0, 0.05) is 0 Å². The van der Waals surface area contributed by atoms with Crippen LogP contribution in [0.2, 0.25) is 0 Å². The van der Waals surface area contributed by atoms with Crippen molar-refractivity contribution < 1.29 is 93.2 Å². The zero-order valence-corrected chi connectivity index (χ0v) is 8.34. The minimum atomic E-state index is -2.92. The molecular weight excluding hydrogens is 321 g/mol. The molecule has 0 aromatic heterocycles. The minimum absolute atomic E-state index is 0. The molecule has 0 aliphatic heterocycles. The largest absolute Gasteiger partial charge is 3.00 e. The van der Waals surface area contributed by atoms with Gasteiger partial charge in [0.25, 0.3) is 0 Å². The summed E-state index contributed by atoms with van der Waals surface area (Å²) in [5.41, 5.74) is 0. The molecule has 0 aliphatic rings. The van der Waals surface area contributed by atoms with E-state index in [4.69, 9.17) is 15.1 Å². The van der Waals surface area contributed by atoms with E-state index >= 15 is 0 Å². The standard InChI is InChI=1S/BO3.Gd.H2O.Y/c2-1(3)4;;;/h;;1H2;/q-3;+3;;+3. The van der Waals surface area contributed by atoms with Gasteiger partial charge in [-0.1, -0.05) is 0 Å². The van der Waals surface area contributed by atoms with E-state index in [-0.39, 0.29) is 78.1 Å². The fraction of sp³-hybridized carbons (Fsp3) is 0. The molecule has 0 saturated heterocycles. The van der Waals surface area contributed by atoms with Crippen molar-refractivity contribution in [2.45, 2.75) is 0 Å². The Hall–Kier alpha value is 2.33. The van der Waals surface area contributed by atoms with Gasteiger partial charge in [-0.2, -0.15) is 0 Å².